The summed E-state index contributed by atoms with van der Waals surface area (Å²) in [5.74, 6) is 0.284. The second-order valence-electron chi connectivity index (χ2n) is 4.75. The molecule has 1 aromatic rings. The third-order valence-corrected chi connectivity index (χ3v) is 3.36. The summed E-state index contributed by atoms with van der Waals surface area (Å²) in [6.07, 6.45) is 2.99. The zero-order valence-electron chi connectivity index (χ0n) is 9.39. The van der Waals surface area contributed by atoms with Crippen molar-refractivity contribution in [2.45, 2.75) is 45.1 Å². The molecule has 0 radical (unpaired) electrons. The normalized spacial score (nSPS) is 25.9. The third-order valence-electron chi connectivity index (χ3n) is 3.36. The van der Waals surface area contributed by atoms with Gasteiger partial charge in [0.1, 0.15) is 5.82 Å². The second kappa shape index (κ2) is 3.93. The third kappa shape index (κ3) is 2.05. The highest BCUT2D eigenvalue weighted by Crippen LogP contribution is 2.36. The lowest BCUT2D eigenvalue weighted by Gasteiger charge is -2.15. The van der Waals surface area contributed by atoms with Crippen molar-refractivity contribution in [3.8, 4) is 0 Å². The first kappa shape index (κ1) is 10.6. The Morgan fingerprint density at radius 2 is 2.00 bits per heavy atom. The quantitative estimate of drug-likeness (QED) is 0.752. The minimum Gasteiger partial charge on any atom is -0.328 e. The van der Waals surface area contributed by atoms with Gasteiger partial charge in [-0.3, -0.25) is 0 Å². The lowest BCUT2D eigenvalue weighted by molar-refractivity contribution is 0.572. The second-order valence-corrected chi connectivity index (χ2v) is 4.75. The molecule has 2 unspecified atom stereocenters. The monoisotopic (exact) mass is 207 g/mol. The number of aryl methyl sites for hydroxylation is 2. The Labute approximate surface area is 90.5 Å². The molecule has 0 aromatic heterocycles. The summed E-state index contributed by atoms with van der Waals surface area (Å²) in [4.78, 5) is 0. The van der Waals surface area contributed by atoms with Crippen molar-refractivity contribution in [2.24, 2.45) is 5.73 Å². The van der Waals surface area contributed by atoms with Crippen LogP contribution in [0.15, 0.2) is 12.1 Å². The maximum atomic E-state index is 13.8. The predicted octanol–water partition coefficient (Wildman–Crippen LogP) is 3.04. The summed E-state index contributed by atoms with van der Waals surface area (Å²) >= 11 is 0. The SMILES string of the molecule is Cc1cc(C)c(C2CCC(N)C2)c(F)c1. The van der Waals surface area contributed by atoms with Gasteiger partial charge in [0, 0.05) is 6.04 Å². The largest absolute Gasteiger partial charge is 0.328 e. The van der Waals surface area contributed by atoms with Crippen molar-refractivity contribution < 1.29 is 4.39 Å². The van der Waals surface area contributed by atoms with E-state index >= 15 is 0 Å². The van der Waals surface area contributed by atoms with Crippen LogP contribution in [0.3, 0.4) is 0 Å². The van der Waals surface area contributed by atoms with Crippen molar-refractivity contribution in [3.05, 3.63) is 34.6 Å². The minimum absolute atomic E-state index is 0.0494. The Morgan fingerprint density at radius 1 is 1.27 bits per heavy atom. The number of halogens is 1. The van der Waals surface area contributed by atoms with Gasteiger partial charge in [-0.15, -0.1) is 0 Å². The summed E-state index contributed by atoms with van der Waals surface area (Å²) in [5, 5.41) is 0. The lowest BCUT2D eigenvalue weighted by atomic mass is 9.91. The first-order chi connectivity index (χ1) is 7.08. The van der Waals surface area contributed by atoms with E-state index in [-0.39, 0.29) is 11.9 Å². The molecule has 1 aliphatic rings. The zero-order chi connectivity index (χ0) is 11.0. The fourth-order valence-corrected chi connectivity index (χ4v) is 2.72. The summed E-state index contributed by atoms with van der Waals surface area (Å²) in [7, 11) is 0. The molecule has 0 aliphatic heterocycles. The highest BCUT2D eigenvalue weighted by Gasteiger charge is 2.26. The molecule has 82 valence electrons. The number of hydrogen-bond donors (Lipinski definition) is 1. The Bertz CT molecular complexity index is 350. The van der Waals surface area contributed by atoms with E-state index in [0.717, 1.165) is 36.0 Å². The smallest absolute Gasteiger partial charge is 0.127 e. The Hall–Kier alpha value is -0.890. The highest BCUT2D eigenvalue weighted by atomic mass is 19.1. The topological polar surface area (TPSA) is 26.0 Å². The molecule has 1 aromatic carbocycles. The van der Waals surface area contributed by atoms with Gasteiger partial charge < -0.3 is 5.73 Å². The van der Waals surface area contributed by atoms with E-state index in [1.165, 1.54) is 0 Å². The van der Waals surface area contributed by atoms with Crippen LogP contribution in [-0.2, 0) is 0 Å². The zero-order valence-corrected chi connectivity index (χ0v) is 9.39. The minimum atomic E-state index is -0.0494. The molecule has 0 saturated heterocycles. The van der Waals surface area contributed by atoms with E-state index in [0.29, 0.717) is 5.92 Å². The van der Waals surface area contributed by atoms with E-state index in [1.807, 2.05) is 13.8 Å². The Balaban J connectivity index is 2.35. The van der Waals surface area contributed by atoms with E-state index in [9.17, 15) is 4.39 Å². The van der Waals surface area contributed by atoms with Gasteiger partial charge in [-0.1, -0.05) is 6.07 Å². The van der Waals surface area contributed by atoms with Crippen LogP contribution in [0, 0.1) is 19.7 Å². The molecular formula is C13H18FN. The summed E-state index contributed by atoms with van der Waals surface area (Å²) in [6, 6.07) is 3.95. The van der Waals surface area contributed by atoms with E-state index in [4.69, 9.17) is 5.73 Å². The first-order valence-corrected chi connectivity index (χ1v) is 5.60. The van der Waals surface area contributed by atoms with Crippen LogP contribution in [0.25, 0.3) is 0 Å². The van der Waals surface area contributed by atoms with Gasteiger partial charge >= 0.3 is 0 Å². The molecule has 2 heteroatoms. The standard InChI is InChI=1S/C13H18FN/c1-8-5-9(2)13(12(14)6-8)10-3-4-11(15)7-10/h5-6,10-11H,3-4,7,15H2,1-2H3. The van der Waals surface area contributed by atoms with E-state index in [1.54, 1.807) is 6.07 Å². The molecular weight excluding hydrogens is 189 g/mol. The fourth-order valence-electron chi connectivity index (χ4n) is 2.72. The van der Waals surface area contributed by atoms with Gasteiger partial charge in [0.05, 0.1) is 0 Å². The lowest BCUT2D eigenvalue weighted by Crippen LogP contribution is -2.14. The molecule has 1 aliphatic carbocycles. The maximum absolute atomic E-state index is 13.8. The molecule has 1 nitrogen and oxygen atoms in total. The van der Waals surface area contributed by atoms with E-state index < -0.39 is 0 Å². The van der Waals surface area contributed by atoms with Gasteiger partial charge in [0.2, 0.25) is 0 Å². The number of benzene rings is 1. The molecule has 0 heterocycles. The van der Waals surface area contributed by atoms with Crippen molar-refractivity contribution in [2.75, 3.05) is 0 Å². The average Bonchev–Trinajstić information content (AvgIpc) is 2.49. The van der Waals surface area contributed by atoms with Gasteiger partial charge in [-0.05, 0) is 61.8 Å². The van der Waals surface area contributed by atoms with Crippen LogP contribution in [0.2, 0.25) is 0 Å². The predicted molar refractivity (Wildman–Crippen MR) is 60.4 cm³/mol. The Morgan fingerprint density at radius 3 is 2.53 bits per heavy atom. The fraction of sp³-hybridized carbons (Fsp3) is 0.538. The van der Waals surface area contributed by atoms with Crippen LogP contribution in [-0.4, -0.2) is 6.04 Å². The highest BCUT2D eigenvalue weighted by molar-refractivity contribution is 5.35. The molecule has 15 heavy (non-hydrogen) atoms. The van der Waals surface area contributed by atoms with Crippen molar-refractivity contribution >= 4 is 0 Å². The van der Waals surface area contributed by atoms with Crippen molar-refractivity contribution in [3.63, 3.8) is 0 Å². The molecule has 2 N–H and O–H groups in total. The number of nitrogens with two attached hydrogens (primary N) is 1. The van der Waals surface area contributed by atoms with Gasteiger partial charge in [0.25, 0.3) is 0 Å². The molecule has 0 bridgehead atoms. The van der Waals surface area contributed by atoms with Crippen molar-refractivity contribution in [1.29, 1.82) is 0 Å². The van der Waals surface area contributed by atoms with E-state index in [2.05, 4.69) is 6.07 Å². The van der Waals surface area contributed by atoms with Crippen molar-refractivity contribution in [1.82, 2.24) is 0 Å². The first-order valence-electron chi connectivity index (χ1n) is 5.60. The summed E-state index contributed by atoms with van der Waals surface area (Å²) in [5.41, 5.74) is 8.84. The van der Waals surface area contributed by atoms with Crippen LogP contribution in [0.1, 0.15) is 41.9 Å². The van der Waals surface area contributed by atoms with Gasteiger partial charge in [0.15, 0.2) is 0 Å². The molecule has 2 rings (SSSR count). The number of rotatable bonds is 1. The molecule has 1 fully saturated rings. The number of hydrogen-bond acceptors (Lipinski definition) is 1. The Kier molecular flexibility index (Phi) is 2.79. The molecule has 1 saturated carbocycles. The van der Waals surface area contributed by atoms with Gasteiger partial charge in [-0.2, -0.15) is 0 Å². The summed E-state index contributed by atoms with van der Waals surface area (Å²) in [6.45, 7) is 3.93. The maximum Gasteiger partial charge on any atom is 0.127 e. The van der Waals surface area contributed by atoms with Crippen LogP contribution in [0.5, 0.6) is 0 Å². The molecule has 2 atom stereocenters. The van der Waals surface area contributed by atoms with Crippen LogP contribution >= 0.6 is 0 Å². The van der Waals surface area contributed by atoms with Crippen LogP contribution < -0.4 is 5.73 Å². The summed E-state index contributed by atoms with van der Waals surface area (Å²) < 4.78 is 13.8. The molecule has 0 spiro atoms. The average molecular weight is 207 g/mol. The van der Waals surface area contributed by atoms with Gasteiger partial charge in [-0.25, -0.2) is 4.39 Å². The van der Waals surface area contributed by atoms with Crippen LogP contribution in [0.4, 0.5) is 4.39 Å². The molecule has 0 amide bonds.